The van der Waals surface area contributed by atoms with E-state index in [1.807, 2.05) is 0 Å². The molecule has 72 valence electrons. The van der Waals surface area contributed by atoms with E-state index in [2.05, 4.69) is 53.7 Å². The van der Waals surface area contributed by atoms with Gasteiger partial charge in [0.15, 0.2) is 0 Å². The fourth-order valence-electron chi connectivity index (χ4n) is 2.21. The fourth-order valence-corrected chi connectivity index (χ4v) is 2.60. The van der Waals surface area contributed by atoms with Crippen molar-refractivity contribution in [2.75, 3.05) is 0 Å². The molecule has 0 aromatic heterocycles. The molecule has 1 saturated heterocycles. The second kappa shape index (κ2) is 3.10. The highest BCUT2D eigenvalue weighted by Gasteiger charge is 2.43. The van der Waals surface area contributed by atoms with Crippen molar-refractivity contribution in [3.63, 3.8) is 0 Å². The number of piperidine rings is 1. The van der Waals surface area contributed by atoms with Crippen LogP contribution in [0.2, 0.25) is 0 Å². The predicted molar refractivity (Wildman–Crippen MR) is 59.3 cm³/mol. The highest BCUT2D eigenvalue weighted by molar-refractivity contribution is 14.1. The Morgan fingerprint density at radius 3 is 1.83 bits per heavy atom. The first-order chi connectivity index (χ1) is 5.26. The monoisotopic (exact) mass is 283 g/mol. The van der Waals surface area contributed by atoms with E-state index in [9.17, 15) is 5.11 Å². The highest BCUT2D eigenvalue weighted by Crippen LogP contribution is 2.40. The van der Waals surface area contributed by atoms with Crippen molar-refractivity contribution < 1.29 is 5.11 Å². The van der Waals surface area contributed by atoms with Crippen molar-refractivity contribution >= 4 is 22.9 Å². The summed E-state index contributed by atoms with van der Waals surface area (Å²) in [5, 5.41) is 9.67. The summed E-state index contributed by atoms with van der Waals surface area (Å²) >= 11 is 2.37. The van der Waals surface area contributed by atoms with E-state index in [4.69, 9.17) is 0 Å². The second-order valence-corrected chi connectivity index (χ2v) is 5.93. The molecule has 2 nitrogen and oxygen atoms in total. The first kappa shape index (κ1) is 10.7. The first-order valence-electron chi connectivity index (χ1n) is 4.40. The standard InChI is InChI=1S/C9H18INO/c1-8(2)5-7(12)6-9(3,4)11(8)10/h7,12H,5-6H2,1-4H3. The van der Waals surface area contributed by atoms with Crippen LogP contribution < -0.4 is 0 Å². The minimum absolute atomic E-state index is 0.113. The number of nitrogens with zero attached hydrogens (tertiary/aromatic N) is 1. The van der Waals surface area contributed by atoms with Crippen LogP contribution in [0.1, 0.15) is 40.5 Å². The molecule has 1 heterocycles. The molecule has 0 spiro atoms. The zero-order valence-electron chi connectivity index (χ0n) is 8.26. The van der Waals surface area contributed by atoms with E-state index in [0.29, 0.717) is 0 Å². The number of hydrogen-bond donors (Lipinski definition) is 1. The van der Waals surface area contributed by atoms with Crippen LogP contribution >= 0.6 is 22.9 Å². The normalized spacial score (nSPS) is 30.5. The molecule has 3 heteroatoms. The van der Waals surface area contributed by atoms with Crippen LogP contribution in [-0.4, -0.2) is 25.4 Å². The molecule has 0 aromatic carbocycles. The van der Waals surface area contributed by atoms with E-state index in [1.165, 1.54) is 0 Å². The molecule has 0 saturated carbocycles. The van der Waals surface area contributed by atoms with Gasteiger partial charge in [0, 0.05) is 33.9 Å². The van der Waals surface area contributed by atoms with Gasteiger partial charge in [0.25, 0.3) is 0 Å². The van der Waals surface area contributed by atoms with Gasteiger partial charge in [-0.2, -0.15) is 0 Å². The predicted octanol–water partition coefficient (Wildman–Crippen LogP) is 2.35. The summed E-state index contributed by atoms with van der Waals surface area (Å²) in [5.41, 5.74) is 0.226. The lowest BCUT2D eigenvalue weighted by molar-refractivity contribution is -0.00868. The van der Waals surface area contributed by atoms with Crippen molar-refractivity contribution in [2.45, 2.75) is 57.7 Å². The Morgan fingerprint density at radius 1 is 1.17 bits per heavy atom. The summed E-state index contributed by atoms with van der Waals surface area (Å²) in [6.45, 7) is 8.74. The Labute approximate surface area is 88.8 Å². The summed E-state index contributed by atoms with van der Waals surface area (Å²) in [6, 6.07) is 0. The molecule has 0 aliphatic carbocycles. The van der Waals surface area contributed by atoms with Crippen molar-refractivity contribution in [3.8, 4) is 0 Å². The molecular formula is C9H18INO. The van der Waals surface area contributed by atoms with Gasteiger partial charge in [0.1, 0.15) is 0 Å². The lowest BCUT2D eigenvalue weighted by Gasteiger charge is -2.50. The third-order valence-electron chi connectivity index (χ3n) is 2.53. The molecule has 1 aliphatic heterocycles. The van der Waals surface area contributed by atoms with Gasteiger partial charge in [-0.05, 0) is 40.5 Å². The zero-order chi connectivity index (χ0) is 9.57. The number of hydrogen-bond acceptors (Lipinski definition) is 2. The maximum atomic E-state index is 9.67. The summed E-state index contributed by atoms with van der Waals surface area (Å²) in [6.07, 6.45) is 1.61. The molecule has 0 amide bonds. The average molecular weight is 283 g/mol. The second-order valence-electron chi connectivity index (χ2n) is 4.97. The molecule has 1 rings (SSSR count). The van der Waals surface area contributed by atoms with E-state index < -0.39 is 0 Å². The van der Waals surface area contributed by atoms with Gasteiger partial charge >= 0.3 is 0 Å². The van der Waals surface area contributed by atoms with Crippen LogP contribution in [0.25, 0.3) is 0 Å². The van der Waals surface area contributed by atoms with Crippen LogP contribution in [0.15, 0.2) is 0 Å². The molecule has 0 radical (unpaired) electrons. The lowest BCUT2D eigenvalue weighted by atomic mass is 9.81. The van der Waals surface area contributed by atoms with Gasteiger partial charge in [0.05, 0.1) is 6.10 Å². The van der Waals surface area contributed by atoms with Crippen molar-refractivity contribution in [3.05, 3.63) is 0 Å². The average Bonchev–Trinajstić information content (AvgIpc) is 1.80. The smallest absolute Gasteiger partial charge is 0.0575 e. The van der Waals surface area contributed by atoms with Crippen molar-refractivity contribution in [1.82, 2.24) is 3.11 Å². The maximum absolute atomic E-state index is 9.67. The highest BCUT2D eigenvalue weighted by atomic mass is 127. The van der Waals surface area contributed by atoms with Crippen LogP contribution in [0.3, 0.4) is 0 Å². The van der Waals surface area contributed by atoms with Crippen molar-refractivity contribution in [1.29, 1.82) is 0 Å². The summed E-state index contributed by atoms with van der Waals surface area (Å²) in [4.78, 5) is 0. The van der Waals surface area contributed by atoms with Gasteiger partial charge in [-0.3, -0.25) is 0 Å². The molecule has 0 bridgehead atoms. The molecule has 0 atom stereocenters. The quantitative estimate of drug-likeness (QED) is 0.545. The Hall–Kier alpha value is 0.650. The summed E-state index contributed by atoms with van der Waals surface area (Å²) < 4.78 is 2.34. The van der Waals surface area contributed by atoms with Gasteiger partial charge < -0.3 is 5.11 Å². The molecule has 0 aromatic rings. The third kappa shape index (κ3) is 1.93. The number of halogens is 1. The van der Waals surface area contributed by atoms with E-state index in [0.717, 1.165) is 12.8 Å². The maximum Gasteiger partial charge on any atom is 0.0575 e. The largest absolute Gasteiger partial charge is 0.393 e. The fraction of sp³-hybridized carbons (Fsp3) is 1.00. The number of aliphatic hydroxyl groups is 1. The number of aliphatic hydroxyl groups excluding tert-OH is 1. The molecule has 1 aliphatic rings. The van der Waals surface area contributed by atoms with Gasteiger partial charge in [0.2, 0.25) is 0 Å². The number of rotatable bonds is 0. The molecule has 12 heavy (non-hydrogen) atoms. The third-order valence-corrected chi connectivity index (χ3v) is 5.15. The minimum atomic E-state index is -0.138. The molecular weight excluding hydrogens is 265 g/mol. The Kier molecular flexibility index (Phi) is 2.77. The van der Waals surface area contributed by atoms with Crippen LogP contribution in [-0.2, 0) is 0 Å². The van der Waals surface area contributed by atoms with E-state index in [1.54, 1.807) is 0 Å². The summed E-state index contributed by atoms with van der Waals surface area (Å²) in [5.74, 6) is 0. The van der Waals surface area contributed by atoms with Gasteiger partial charge in [-0.15, -0.1) is 0 Å². The SMILES string of the molecule is CC1(C)CC(O)CC(C)(C)N1I. The van der Waals surface area contributed by atoms with Crippen LogP contribution in [0.5, 0.6) is 0 Å². The Bertz CT molecular complexity index is 161. The summed E-state index contributed by atoms with van der Waals surface area (Å²) in [7, 11) is 0. The zero-order valence-corrected chi connectivity index (χ0v) is 10.4. The molecule has 1 fully saturated rings. The van der Waals surface area contributed by atoms with E-state index in [-0.39, 0.29) is 17.2 Å². The topological polar surface area (TPSA) is 23.5 Å². The van der Waals surface area contributed by atoms with E-state index >= 15 is 0 Å². The minimum Gasteiger partial charge on any atom is -0.393 e. The van der Waals surface area contributed by atoms with Crippen LogP contribution in [0.4, 0.5) is 0 Å². The first-order valence-corrected chi connectivity index (χ1v) is 5.36. The molecule has 1 N–H and O–H groups in total. The molecule has 0 unspecified atom stereocenters. The van der Waals surface area contributed by atoms with Crippen molar-refractivity contribution in [2.24, 2.45) is 0 Å². The van der Waals surface area contributed by atoms with Gasteiger partial charge in [-0.25, -0.2) is 3.11 Å². The Balaban J connectivity index is 2.84. The van der Waals surface area contributed by atoms with Gasteiger partial charge in [-0.1, -0.05) is 0 Å². The van der Waals surface area contributed by atoms with Crippen LogP contribution in [0, 0.1) is 0 Å². The lowest BCUT2D eigenvalue weighted by Crippen LogP contribution is -2.56. The Morgan fingerprint density at radius 2 is 1.50 bits per heavy atom.